The van der Waals surface area contributed by atoms with Gasteiger partial charge in [-0.25, -0.2) is 10.2 Å². The van der Waals surface area contributed by atoms with Crippen molar-refractivity contribution in [3.63, 3.8) is 0 Å². The number of ether oxygens (including phenoxy) is 1. The minimum absolute atomic E-state index is 0.119. The zero-order chi connectivity index (χ0) is 14.6. The summed E-state index contributed by atoms with van der Waals surface area (Å²) in [5.74, 6) is 0. The molecule has 0 saturated heterocycles. The summed E-state index contributed by atoms with van der Waals surface area (Å²) in [5, 5.41) is 2.54. The van der Waals surface area contributed by atoms with Gasteiger partial charge in [0.1, 0.15) is 12.9 Å². The van der Waals surface area contributed by atoms with Crippen molar-refractivity contribution in [1.29, 1.82) is 0 Å². The zero-order valence-corrected chi connectivity index (χ0v) is 10.9. The molecule has 0 aliphatic heterocycles. The minimum atomic E-state index is -0.617. The van der Waals surface area contributed by atoms with E-state index in [4.69, 9.17) is 4.74 Å². The summed E-state index contributed by atoms with van der Waals surface area (Å²) >= 11 is 0. The van der Waals surface area contributed by atoms with Crippen LogP contribution in [0.3, 0.4) is 0 Å². The molecule has 0 fully saturated rings. The van der Waals surface area contributed by atoms with E-state index < -0.39 is 12.1 Å². The van der Waals surface area contributed by atoms with Crippen molar-refractivity contribution in [2.45, 2.75) is 19.1 Å². The average Bonchev–Trinajstić information content (AvgIpc) is 2.47. The molecule has 0 radical (unpaired) electrons. The van der Waals surface area contributed by atoms with Gasteiger partial charge in [0.15, 0.2) is 0 Å². The van der Waals surface area contributed by atoms with Gasteiger partial charge in [-0.1, -0.05) is 30.3 Å². The first-order valence-electron chi connectivity index (χ1n) is 6.09. The van der Waals surface area contributed by atoms with Gasteiger partial charge in [0, 0.05) is 13.0 Å². The summed E-state index contributed by atoms with van der Waals surface area (Å²) in [5.41, 5.74) is 5.65. The Kier molecular flexibility index (Phi) is 7.44. The fraction of sp³-hybridized carbons (Fsp3) is 0.308. The Morgan fingerprint density at radius 3 is 2.65 bits per heavy atom. The summed E-state index contributed by atoms with van der Waals surface area (Å²) < 4.78 is 5.03. The molecule has 20 heavy (non-hydrogen) atoms. The normalized spacial score (nSPS) is 11.2. The fourth-order valence-corrected chi connectivity index (χ4v) is 1.46. The number of hydrogen-bond donors (Lipinski definition) is 3. The lowest BCUT2D eigenvalue weighted by molar-refractivity contribution is -0.110. The molecular formula is C13H17N3O4. The quantitative estimate of drug-likeness (QED) is 0.339. The molecule has 0 bridgehead atoms. The van der Waals surface area contributed by atoms with Crippen molar-refractivity contribution >= 4 is 18.8 Å². The molecule has 1 aromatic carbocycles. The number of carbonyl (C=O) groups excluding carboxylic acids is 3. The predicted molar refractivity (Wildman–Crippen MR) is 71.4 cm³/mol. The largest absolute Gasteiger partial charge is 0.445 e. The Labute approximate surface area is 116 Å². The Hall–Kier alpha value is -2.41. The average molecular weight is 279 g/mol. The van der Waals surface area contributed by atoms with Gasteiger partial charge in [0.05, 0.1) is 6.04 Å². The van der Waals surface area contributed by atoms with Crippen LogP contribution in [0.5, 0.6) is 0 Å². The van der Waals surface area contributed by atoms with Gasteiger partial charge in [-0.2, -0.15) is 0 Å². The molecule has 7 heteroatoms. The molecule has 1 unspecified atom stereocenters. The molecule has 2 amide bonds. The highest BCUT2D eigenvalue weighted by Gasteiger charge is 2.12. The van der Waals surface area contributed by atoms with Gasteiger partial charge in [-0.05, 0) is 5.56 Å². The number of aldehydes is 1. The molecule has 1 rings (SSSR count). The van der Waals surface area contributed by atoms with Crippen LogP contribution in [0.15, 0.2) is 30.3 Å². The van der Waals surface area contributed by atoms with Crippen molar-refractivity contribution in [2.75, 3.05) is 6.54 Å². The van der Waals surface area contributed by atoms with Crippen LogP contribution in [0.2, 0.25) is 0 Å². The SMILES string of the molecule is O=CCC(CNNC=O)NC(=O)OCc1ccccc1. The lowest BCUT2D eigenvalue weighted by atomic mass is 10.2. The third kappa shape index (κ3) is 6.50. The third-order valence-electron chi connectivity index (χ3n) is 2.42. The van der Waals surface area contributed by atoms with Crippen LogP contribution in [-0.4, -0.2) is 31.4 Å². The van der Waals surface area contributed by atoms with Crippen LogP contribution in [0.4, 0.5) is 4.79 Å². The maximum Gasteiger partial charge on any atom is 0.407 e. The molecule has 0 aliphatic carbocycles. The summed E-state index contributed by atoms with van der Waals surface area (Å²) in [6, 6.07) is 8.79. The topological polar surface area (TPSA) is 96.5 Å². The smallest absolute Gasteiger partial charge is 0.407 e. The van der Waals surface area contributed by atoms with Crippen molar-refractivity contribution in [2.24, 2.45) is 0 Å². The maximum absolute atomic E-state index is 11.6. The first-order valence-corrected chi connectivity index (χ1v) is 6.09. The number of alkyl carbamates (subject to hydrolysis) is 1. The molecule has 7 nitrogen and oxygen atoms in total. The van der Waals surface area contributed by atoms with Crippen molar-refractivity contribution in [3.05, 3.63) is 35.9 Å². The number of amides is 2. The maximum atomic E-state index is 11.6. The van der Waals surface area contributed by atoms with Gasteiger partial charge in [-0.3, -0.25) is 10.2 Å². The first kappa shape index (κ1) is 15.6. The number of hydrazine groups is 1. The number of rotatable bonds is 9. The number of carbonyl (C=O) groups is 3. The fourth-order valence-electron chi connectivity index (χ4n) is 1.46. The Morgan fingerprint density at radius 2 is 2.00 bits per heavy atom. The molecule has 1 atom stereocenters. The molecule has 0 saturated carbocycles. The monoisotopic (exact) mass is 279 g/mol. The first-order chi connectivity index (χ1) is 9.76. The van der Waals surface area contributed by atoms with Gasteiger partial charge in [0.25, 0.3) is 0 Å². The third-order valence-corrected chi connectivity index (χ3v) is 2.42. The molecule has 3 N–H and O–H groups in total. The van der Waals surface area contributed by atoms with E-state index >= 15 is 0 Å². The summed E-state index contributed by atoms with van der Waals surface area (Å²) in [4.78, 5) is 32.1. The molecule has 108 valence electrons. The lowest BCUT2D eigenvalue weighted by Gasteiger charge is -2.16. The van der Waals surface area contributed by atoms with E-state index in [0.717, 1.165) is 5.56 Å². The number of nitrogens with one attached hydrogen (secondary N) is 3. The Bertz CT molecular complexity index is 425. The highest BCUT2D eigenvalue weighted by molar-refractivity contribution is 5.68. The van der Waals surface area contributed by atoms with Gasteiger partial charge in [-0.15, -0.1) is 0 Å². The van der Waals surface area contributed by atoms with E-state index in [1.54, 1.807) is 0 Å². The van der Waals surface area contributed by atoms with Crippen LogP contribution < -0.4 is 16.2 Å². The highest BCUT2D eigenvalue weighted by Crippen LogP contribution is 2.00. The molecule has 1 aromatic rings. The molecule has 0 spiro atoms. The molecule has 0 aliphatic rings. The van der Waals surface area contributed by atoms with Crippen LogP contribution in [-0.2, 0) is 20.9 Å². The van der Waals surface area contributed by atoms with E-state index in [2.05, 4.69) is 16.2 Å². The standard InChI is InChI=1S/C13H17N3O4/c17-7-6-12(8-14-15-10-18)16-13(19)20-9-11-4-2-1-3-5-11/h1-5,7,10,12,14H,6,8-9H2,(H,15,18)(H,16,19). The summed E-state index contributed by atoms with van der Waals surface area (Å²) in [6.07, 6.45) is 0.651. The van der Waals surface area contributed by atoms with Crippen LogP contribution >= 0.6 is 0 Å². The van der Waals surface area contributed by atoms with Crippen LogP contribution in [0, 0.1) is 0 Å². The Balaban J connectivity index is 2.33. The van der Waals surface area contributed by atoms with Gasteiger partial charge in [0.2, 0.25) is 6.41 Å². The van der Waals surface area contributed by atoms with E-state index in [1.165, 1.54) is 0 Å². The van der Waals surface area contributed by atoms with Crippen LogP contribution in [0.25, 0.3) is 0 Å². The van der Waals surface area contributed by atoms with Gasteiger partial charge >= 0.3 is 6.09 Å². The second-order valence-electron chi connectivity index (χ2n) is 3.95. The molecule has 0 heterocycles. The second-order valence-corrected chi connectivity index (χ2v) is 3.95. The van der Waals surface area contributed by atoms with Crippen molar-refractivity contribution in [1.82, 2.24) is 16.2 Å². The van der Waals surface area contributed by atoms with E-state index in [9.17, 15) is 14.4 Å². The van der Waals surface area contributed by atoms with Crippen molar-refractivity contribution < 1.29 is 19.1 Å². The zero-order valence-electron chi connectivity index (χ0n) is 10.9. The lowest BCUT2D eigenvalue weighted by Crippen LogP contribution is -2.46. The molecule has 0 aromatic heterocycles. The summed E-state index contributed by atoms with van der Waals surface area (Å²) in [7, 11) is 0. The second kappa shape index (κ2) is 9.51. The van der Waals surface area contributed by atoms with E-state index in [1.807, 2.05) is 30.3 Å². The number of benzene rings is 1. The summed E-state index contributed by atoms with van der Waals surface area (Å²) in [6.45, 7) is 0.373. The van der Waals surface area contributed by atoms with E-state index in [-0.39, 0.29) is 19.6 Å². The predicted octanol–water partition coefficient (Wildman–Crippen LogP) is 0.121. The minimum Gasteiger partial charge on any atom is -0.445 e. The van der Waals surface area contributed by atoms with Crippen LogP contribution in [0.1, 0.15) is 12.0 Å². The van der Waals surface area contributed by atoms with Crippen molar-refractivity contribution in [3.8, 4) is 0 Å². The van der Waals surface area contributed by atoms with Gasteiger partial charge < -0.3 is 14.8 Å². The van der Waals surface area contributed by atoms with E-state index in [0.29, 0.717) is 12.7 Å². The number of hydrogen-bond acceptors (Lipinski definition) is 5. The Morgan fingerprint density at radius 1 is 1.25 bits per heavy atom. The highest BCUT2D eigenvalue weighted by atomic mass is 16.5. The molecular weight excluding hydrogens is 262 g/mol.